The maximum atomic E-state index is 11.4. The Bertz CT molecular complexity index is 442. The Kier molecular flexibility index (Phi) is 3.84. The fourth-order valence-electron chi connectivity index (χ4n) is 0.825. The molecule has 0 radical (unpaired) electrons. The van der Waals surface area contributed by atoms with Crippen LogP contribution in [0.4, 0.5) is 0 Å². The third kappa shape index (κ3) is 3.25. The molecule has 0 aliphatic carbocycles. The van der Waals surface area contributed by atoms with Crippen molar-refractivity contribution in [2.45, 2.75) is 0 Å². The number of carbonyl (C=O) groups excluding carboxylic acids is 1. The quantitative estimate of drug-likeness (QED) is 0.397. The van der Waals surface area contributed by atoms with Crippen LogP contribution < -0.4 is 11.2 Å². The number of nitrogens with one attached hydrogen (secondary N) is 1. The van der Waals surface area contributed by atoms with Gasteiger partial charge in [-0.15, -0.1) is 5.10 Å². The van der Waals surface area contributed by atoms with Gasteiger partial charge in [0.05, 0.1) is 0 Å². The number of nitrogens with zero attached hydrogens (tertiary/aromatic N) is 1. The summed E-state index contributed by atoms with van der Waals surface area (Å²) in [6, 6.07) is 6.01. The summed E-state index contributed by atoms with van der Waals surface area (Å²) >= 11 is 5.63. The van der Waals surface area contributed by atoms with Crippen molar-refractivity contribution in [2.75, 3.05) is 0 Å². The summed E-state index contributed by atoms with van der Waals surface area (Å²) in [6.07, 6.45) is 0. The van der Waals surface area contributed by atoms with E-state index in [0.717, 1.165) is 0 Å². The molecule has 7 heteroatoms. The van der Waals surface area contributed by atoms with Gasteiger partial charge < -0.3 is 10.8 Å². The van der Waals surface area contributed by atoms with Crippen molar-refractivity contribution in [1.82, 2.24) is 5.43 Å². The first-order valence-electron chi connectivity index (χ1n) is 4.13. The number of hydrogen-bond donors (Lipinski definition) is 3. The molecule has 1 amide bonds. The topological polar surface area (TPSA) is 105 Å². The second-order valence-corrected chi connectivity index (χ2v) is 3.19. The van der Waals surface area contributed by atoms with E-state index in [1.165, 1.54) is 24.3 Å². The number of hydrogen-bond acceptors (Lipinski definition) is 3. The first-order valence-corrected chi connectivity index (χ1v) is 4.51. The van der Waals surface area contributed by atoms with E-state index < -0.39 is 17.7 Å². The van der Waals surface area contributed by atoms with E-state index >= 15 is 0 Å². The fraction of sp³-hybridized carbons (Fsp3) is 0. The molecule has 0 heterocycles. The number of aliphatic carboxylic acids is 1. The molecule has 4 N–H and O–H groups in total. The molecule has 84 valence electrons. The molecular formula is C9H8ClN3O3. The number of carbonyl (C=O) groups is 2. The predicted octanol–water partition coefficient (Wildman–Crippen LogP) is 0.427. The lowest BCUT2D eigenvalue weighted by Crippen LogP contribution is -2.28. The van der Waals surface area contributed by atoms with E-state index in [2.05, 4.69) is 5.10 Å². The highest BCUT2D eigenvalue weighted by Gasteiger charge is 2.06. The molecule has 0 aliphatic heterocycles. The van der Waals surface area contributed by atoms with E-state index in [1.807, 2.05) is 5.43 Å². The van der Waals surface area contributed by atoms with Crippen LogP contribution in [0.2, 0.25) is 5.02 Å². The molecule has 1 aromatic carbocycles. The molecule has 0 spiro atoms. The first kappa shape index (κ1) is 12.0. The van der Waals surface area contributed by atoms with Crippen molar-refractivity contribution in [2.24, 2.45) is 10.8 Å². The van der Waals surface area contributed by atoms with Gasteiger partial charge in [0.25, 0.3) is 5.91 Å². The Labute approximate surface area is 95.7 Å². The zero-order valence-corrected chi connectivity index (χ0v) is 8.73. The van der Waals surface area contributed by atoms with Crippen molar-refractivity contribution in [1.29, 1.82) is 0 Å². The van der Waals surface area contributed by atoms with E-state index in [4.69, 9.17) is 22.4 Å². The van der Waals surface area contributed by atoms with Crippen LogP contribution in [0.15, 0.2) is 29.4 Å². The SMILES string of the molecule is N/C(=N\NC(=O)c1ccc(Cl)cc1)C(=O)O. The van der Waals surface area contributed by atoms with Crippen LogP contribution in [0.3, 0.4) is 0 Å². The molecule has 0 saturated heterocycles. The number of nitrogens with two attached hydrogens (primary N) is 1. The molecule has 0 atom stereocenters. The zero-order chi connectivity index (χ0) is 12.1. The molecule has 1 rings (SSSR count). The molecule has 0 aliphatic rings. The lowest BCUT2D eigenvalue weighted by molar-refractivity contribution is -0.129. The minimum atomic E-state index is -1.41. The van der Waals surface area contributed by atoms with Crippen molar-refractivity contribution in [3.63, 3.8) is 0 Å². The number of carboxylic acid groups (broad SMARTS) is 1. The molecule has 1 aromatic rings. The number of halogens is 1. The number of rotatable bonds is 2. The van der Waals surface area contributed by atoms with Crippen LogP contribution in [0.25, 0.3) is 0 Å². The van der Waals surface area contributed by atoms with Crippen LogP contribution in [-0.4, -0.2) is 22.8 Å². The minimum Gasteiger partial charge on any atom is -0.475 e. The molecule has 16 heavy (non-hydrogen) atoms. The summed E-state index contributed by atoms with van der Waals surface area (Å²) in [7, 11) is 0. The lowest BCUT2D eigenvalue weighted by Gasteiger charge is -2.00. The standard InChI is InChI=1S/C9H8ClN3O3/c10-6-3-1-5(2-4-6)8(14)13-12-7(11)9(15)16/h1-4H,(H2,11,12)(H,13,14)(H,15,16). The molecular weight excluding hydrogens is 234 g/mol. The maximum absolute atomic E-state index is 11.4. The monoisotopic (exact) mass is 241 g/mol. The van der Waals surface area contributed by atoms with Crippen molar-refractivity contribution < 1.29 is 14.7 Å². The van der Waals surface area contributed by atoms with Crippen molar-refractivity contribution in [3.8, 4) is 0 Å². The maximum Gasteiger partial charge on any atom is 0.373 e. The van der Waals surface area contributed by atoms with Gasteiger partial charge in [0, 0.05) is 10.6 Å². The Balaban J connectivity index is 2.70. The van der Waals surface area contributed by atoms with Gasteiger partial charge in [-0.25, -0.2) is 10.2 Å². The van der Waals surface area contributed by atoms with Crippen LogP contribution in [0.1, 0.15) is 10.4 Å². The van der Waals surface area contributed by atoms with E-state index in [-0.39, 0.29) is 0 Å². The van der Waals surface area contributed by atoms with Crippen molar-refractivity contribution >= 4 is 29.3 Å². The Hall–Kier alpha value is -2.08. The van der Waals surface area contributed by atoms with E-state index in [9.17, 15) is 9.59 Å². The van der Waals surface area contributed by atoms with Gasteiger partial charge in [-0.2, -0.15) is 0 Å². The predicted molar refractivity (Wildman–Crippen MR) is 58.2 cm³/mol. The van der Waals surface area contributed by atoms with Gasteiger partial charge in [0.2, 0.25) is 5.84 Å². The number of hydrazone groups is 1. The van der Waals surface area contributed by atoms with Gasteiger partial charge >= 0.3 is 5.97 Å². The third-order valence-electron chi connectivity index (χ3n) is 1.60. The van der Waals surface area contributed by atoms with Crippen LogP contribution >= 0.6 is 11.6 Å². The summed E-state index contributed by atoms with van der Waals surface area (Å²) in [5.74, 6) is -2.67. The van der Waals surface area contributed by atoms with E-state index in [0.29, 0.717) is 10.6 Å². The highest BCUT2D eigenvalue weighted by molar-refractivity contribution is 6.33. The largest absolute Gasteiger partial charge is 0.475 e. The summed E-state index contributed by atoms with van der Waals surface area (Å²) in [5, 5.41) is 12.1. The Morgan fingerprint density at radius 3 is 2.38 bits per heavy atom. The highest BCUT2D eigenvalue weighted by Crippen LogP contribution is 2.09. The molecule has 0 unspecified atom stereocenters. The molecule has 0 fully saturated rings. The smallest absolute Gasteiger partial charge is 0.373 e. The summed E-state index contributed by atoms with van der Waals surface area (Å²) in [5.41, 5.74) is 7.28. The third-order valence-corrected chi connectivity index (χ3v) is 1.86. The highest BCUT2D eigenvalue weighted by atomic mass is 35.5. The summed E-state index contributed by atoms with van der Waals surface area (Å²) in [4.78, 5) is 21.6. The lowest BCUT2D eigenvalue weighted by atomic mass is 10.2. The first-order chi connectivity index (χ1) is 7.50. The number of amides is 1. The van der Waals surface area contributed by atoms with Gasteiger partial charge in [0.15, 0.2) is 0 Å². The van der Waals surface area contributed by atoms with Gasteiger partial charge in [-0.05, 0) is 24.3 Å². The van der Waals surface area contributed by atoms with Gasteiger partial charge in [-0.3, -0.25) is 4.79 Å². The summed E-state index contributed by atoms with van der Waals surface area (Å²) < 4.78 is 0. The number of amidine groups is 1. The van der Waals surface area contributed by atoms with E-state index in [1.54, 1.807) is 0 Å². The number of benzene rings is 1. The average molecular weight is 242 g/mol. The van der Waals surface area contributed by atoms with Crippen molar-refractivity contribution in [3.05, 3.63) is 34.9 Å². The molecule has 6 nitrogen and oxygen atoms in total. The van der Waals surface area contributed by atoms with Crippen LogP contribution in [-0.2, 0) is 4.79 Å². The van der Waals surface area contributed by atoms with Gasteiger partial charge in [-0.1, -0.05) is 11.6 Å². The average Bonchev–Trinajstić information content (AvgIpc) is 2.26. The van der Waals surface area contributed by atoms with Crippen LogP contribution in [0, 0.1) is 0 Å². The Morgan fingerprint density at radius 1 is 1.31 bits per heavy atom. The second kappa shape index (κ2) is 5.13. The molecule has 0 bridgehead atoms. The number of carboxylic acids is 1. The van der Waals surface area contributed by atoms with Gasteiger partial charge in [0.1, 0.15) is 0 Å². The fourth-order valence-corrected chi connectivity index (χ4v) is 0.951. The molecule has 0 aromatic heterocycles. The normalized spacial score (nSPS) is 10.9. The molecule has 0 saturated carbocycles. The Morgan fingerprint density at radius 2 is 1.88 bits per heavy atom. The minimum absolute atomic E-state index is 0.298. The van der Waals surface area contributed by atoms with Crippen LogP contribution in [0.5, 0.6) is 0 Å². The zero-order valence-electron chi connectivity index (χ0n) is 7.98. The second-order valence-electron chi connectivity index (χ2n) is 2.75. The summed E-state index contributed by atoms with van der Waals surface area (Å²) in [6.45, 7) is 0.